The minimum atomic E-state index is 0.0360. The molecule has 1 N–H and O–H groups in total. The molecule has 0 amide bonds. The van der Waals surface area contributed by atoms with Crippen molar-refractivity contribution in [2.24, 2.45) is 0 Å². The molecule has 4 heteroatoms. The van der Waals surface area contributed by atoms with Gasteiger partial charge in [0, 0.05) is 7.11 Å². The molecule has 0 aliphatic rings. The maximum absolute atomic E-state index is 5.90. The second kappa shape index (κ2) is 8.23. The number of furan rings is 1. The van der Waals surface area contributed by atoms with Crippen molar-refractivity contribution in [3.8, 4) is 0 Å². The van der Waals surface area contributed by atoms with Gasteiger partial charge in [0.25, 0.3) is 0 Å². The van der Waals surface area contributed by atoms with E-state index in [1.54, 1.807) is 13.2 Å². The SMILES string of the molecule is CCCNC(c1ccc(CCOC)cc1)c1ccc(Cl)o1. The number of benzene rings is 1. The van der Waals surface area contributed by atoms with Gasteiger partial charge in [-0.25, -0.2) is 0 Å². The quantitative estimate of drug-likeness (QED) is 0.793. The summed E-state index contributed by atoms with van der Waals surface area (Å²) in [5, 5.41) is 3.92. The molecular weight excluding hydrogens is 286 g/mol. The minimum Gasteiger partial charge on any atom is -0.448 e. The topological polar surface area (TPSA) is 34.4 Å². The third-order valence-electron chi connectivity index (χ3n) is 3.38. The molecule has 0 spiro atoms. The summed E-state index contributed by atoms with van der Waals surface area (Å²) in [6.45, 7) is 3.81. The Morgan fingerprint density at radius 1 is 1.19 bits per heavy atom. The summed E-state index contributed by atoms with van der Waals surface area (Å²) in [5.74, 6) is 0.845. The van der Waals surface area contributed by atoms with Crippen molar-refractivity contribution in [3.63, 3.8) is 0 Å². The number of rotatable bonds is 8. The Balaban J connectivity index is 2.16. The van der Waals surface area contributed by atoms with Crippen LogP contribution in [-0.4, -0.2) is 20.3 Å². The van der Waals surface area contributed by atoms with E-state index in [1.165, 1.54) is 11.1 Å². The van der Waals surface area contributed by atoms with Crippen LogP contribution in [0.15, 0.2) is 40.8 Å². The Labute approximate surface area is 131 Å². The van der Waals surface area contributed by atoms with Crippen molar-refractivity contribution < 1.29 is 9.15 Å². The molecule has 0 radical (unpaired) electrons. The summed E-state index contributed by atoms with van der Waals surface area (Å²) in [4.78, 5) is 0. The van der Waals surface area contributed by atoms with Gasteiger partial charge in [0.2, 0.25) is 0 Å². The first-order valence-corrected chi connectivity index (χ1v) is 7.68. The summed E-state index contributed by atoms with van der Waals surface area (Å²) < 4.78 is 10.7. The van der Waals surface area contributed by atoms with Gasteiger partial charge in [0.15, 0.2) is 5.22 Å². The largest absolute Gasteiger partial charge is 0.448 e. The Hall–Kier alpha value is -1.29. The Morgan fingerprint density at radius 3 is 2.52 bits per heavy atom. The maximum atomic E-state index is 5.90. The van der Waals surface area contributed by atoms with Crippen molar-refractivity contribution >= 4 is 11.6 Å². The van der Waals surface area contributed by atoms with Gasteiger partial charge in [-0.1, -0.05) is 31.2 Å². The van der Waals surface area contributed by atoms with Crippen molar-refractivity contribution in [1.29, 1.82) is 0 Å². The number of nitrogens with one attached hydrogen (secondary N) is 1. The van der Waals surface area contributed by atoms with E-state index in [4.69, 9.17) is 20.8 Å². The van der Waals surface area contributed by atoms with Crippen molar-refractivity contribution in [2.75, 3.05) is 20.3 Å². The first kappa shape index (κ1) is 16.1. The van der Waals surface area contributed by atoms with Crippen molar-refractivity contribution in [2.45, 2.75) is 25.8 Å². The zero-order valence-electron chi connectivity index (χ0n) is 12.6. The van der Waals surface area contributed by atoms with E-state index < -0.39 is 0 Å². The van der Waals surface area contributed by atoms with Gasteiger partial charge in [-0.15, -0.1) is 0 Å². The lowest BCUT2D eigenvalue weighted by Crippen LogP contribution is -2.22. The third-order valence-corrected chi connectivity index (χ3v) is 3.59. The fourth-order valence-electron chi connectivity index (χ4n) is 2.25. The van der Waals surface area contributed by atoms with Crippen LogP contribution >= 0.6 is 11.6 Å². The normalized spacial score (nSPS) is 12.5. The van der Waals surface area contributed by atoms with Crippen LogP contribution in [0, 0.1) is 0 Å². The van der Waals surface area contributed by atoms with Crippen molar-refractivity contribution in [3.05, 3.63) is 58.5 Å². The molecule has 1 aromatic carbocycles. The lowest BCUT2D eigenvalue weighted by atomic mass is 10.0. The standard InChI is InChI=1S/C17H22ClNO2/c1-3-11-19-17(15-8-9-16(18)21-15)14-6-4-13(5-7-14)10-12-20-2/h4-9,17,19H,3,10-12H2,1-2H3. The van der Waals surface area contributed by atoms with Crippen LogP contribution in [0.1, 0.15) is 36.3 Å². The molecule has 1 heterocycles. The fourth-order valence-corrected chi connectivity index (χ4v) is 2.40. The number of halogens is 1. The van der Waals surface area contributed by atoms with Gasteiger partial charge < -0.3 is 14.5 Å². The van der Waals surface area contributed by atoms with Crippen LogP contribution in [0.2, 0.25) is 5.22 Å². The van der Waals surface area contributed by atoms with Crippen LogP contribution in [0.25, 0.3) is 0 Å². The highest BCUT2D eigenvalue weighted by Gasteiger charge is 2.17. The fraction of sp³-hybridized carbons (Fsp3) is 0.412. The second-order valence-electron chi connectivity index (χ2n) is 5.01. The molecule has 0 saturated heterocycles. The number of methoxy groups -OCH3 is 1. The number of ether oxygens (including phenoxy) is 1. The minimum absolute atomic E-state index is 0.0360. The van der Waals surface area contributed by atoms with Crippen LogP contribution in [-0.2, 0) is 11.2 Å². The summed E-state index contributed by atoms with van der Waals surface area (Å²) in [7, 11) is 1.72. The van der Waals surface area contributed by atoms with Crippen LogP contribution in [0.4, 0.5) is 0 Å². The zero-order chi connectivity index (χ0) is 15.1. The predicted octanol–water partition coefficient (Wildman–Crippen LogP) is 4.21. The van der Waals surface area contributed by atoms with E-state index in [0.29, 0.717) is 5.22 Å². The molecule has 1 unspecified atom stereocenters. The molecule has 0 aliphatic heterocycles. The molecule has 1 aromatic heterocycles. The third kappa shape index (κ3) is 4.60. The first-order valence-electron chi connectivity index (χ1n) is 7.31. The van der Waals surface area contributed by atoms with Gasteiger partial charge in [0.1, 0.15) is 5.76 Å². The average Bonchev–Trinajstić information content (AvgIpc) is 2.93. The smallest absolute Gasteiger partial charge is 0.193 e. The van der Waals surface area contributed by atoms with Gasteiger partial charge in [-0.05, 0) is 54.2 Å². The Kier molecular flexibility index (Phi) is 6.30. The number of hydrogen-bond donors (Lipinski definition) is 1. The lowest BCUT2D eigenvalue weighted by Gasteiger charge is -2.17. The summed E-state index contributed by atoms with van der Waals surface area (Å²) >= 11 is 5.90. The van der Waals surface area contributed by atoms with E-state index in [1.807, 2.05) is 6.07 Å². The van der Waals surface area contributed by atoms with Crippen molar-refractivity contribution in [1.82, 2.24) is 5.32 Å². The molecule has 1 atom stereocenters. The first-order chi connectivity index (χ1) is 10.2. The Morgan fingerprint density at radius 2 is 1.95 bits per heavy atom. The molecular formula is C17H22ClNO2. The van der Waals surface area contributed by atoms with E-state index in [-0.39, 0.29) is 6.04 Å². The van der Waals surface area contributed by atoms with E-state index in [9.17, 15) is 0 Å². The van der Waals surface area contributed by atoms with E-state index in [2.05, 4.69) is 36.5 Å². The second-order valence-corrected chi connectivity index (χ2v) is 5.39. The molecule has 114 valence electrons. The summed E-state index contributed by atoms with van der Waals surface area (Å²) in [5.41, 5.74) is 2.45. The molecule has 21 heavy (non-hydrogen) atoms. The molecule has 0 bridgehead atoms. The van der Waals surface area contributed by atoms with Gasteiger partial charge in [-0.3, -0.25) is 0 Å². The van der Waals surface area contributed by atoms with Crippen LogP contribution < -0.4 is 5.32 Å². The van der Waals surface area contributed by atoms with E-state index >= 15 is 0 Å². The Bertz CT molecular complexity index is 536. The molecule has 0 saturated carbocycles. The summed E-state index contributed by atoms with van der Waals surface area (Å²) in [6.07, 6.45) is 1.99. The van der Waals surface area contributed by atoms with Gasteiger partial charge in [-0.2, -0.15) is 0 Å². The highest BCUT2D eigenvalue weighted by Crippen LogP contribution is 2.26. The highest BCUT2D eigenvalue weighted by molar-refractivity contribution is 6.28. The lowest BCUT2D eigenvalue weighted by molar-refractivity contribution is 0.202. The molecule has 0 fully saturated rings. The number of hydrogen-bond acceptors (Lipinski definition) is 3. The van der Waals surface area contributed by atoms with Gasteiger partial charge >= 0.3 is 0 Å². The van der Waals surface area contributed by atoms with Crippen LogP contribution in [0.5, 0.6) is 0 Å². The van der Waals surface area contributed by atoms with E-state index in [0.717, 1.165) is 31.8 Å². The maximum Gasteiger partial charge on any atom is 0.193 e. The molecule has 0 aliphatic carbocycles. The molecule has 3 nitrogen and oxygen atoms in total. The summed E-state index contributed by atoms with van der Waals surface area (Å²) in [6, 6.07) is 12.3. The average molecular weight is 308 g/mol. The molecule has 2 rings (SSSR count). The zero-order valence-corrected chi connectivity index (χ0v) is 13.3. The molecule has 2 aromatic rings. The predicted molar refractivity (Wildman–Crippen MR) is 85.9 cm³/mol. The van der Waals surface area contributed by atoms with Gasteiger partial charge in [0.05, 0.1) is 12.6 Å². The highest BCUT2D eigenvalue weighted by atomic mass is 35.5. The monoisotopic (exact) mass is 307 g/mol. The van der Waals surface area contributed by atoms with Crippen LogP contribution in [0.3, 0.4) is 0 Å².